The summed E-state index contributed by atoms with van der Waals surface area (Å²) in [7, 11) is 0. The Labute approximate surface area is 106 Å². The molecule has 5 nitrogen and oxygen atoms in total. The first-order chi connectivity index (χ1) is 7.90. The van der Waals surface area contributed by atoms with Gasteiger partial charge in [-0.25, -0.2) is 0 Å². The van der Waals surface area contributed by atoms with Crippen molar-refractivity contribution in [2.45, 2.75) is 33.2 Å². The number of carbonyl (C=O) groups excluding carboxylic acids is 1. The molecule has 0 bridgehead atoms. The van der Waals surface area contributed by atoms with Crippen LogP contribution in [0.5, 0.6) is 0 Å². The molecule has 1 atom stereocenters. The van der Waals surface area contributed by atoms with Crippen molar-refractivity contribution in [3.05, 3.63) is 23.0 Å². The fourth-order valence-electron chi connectivity index (χ4n) is 1.43. The Kier molecular flexibility index (Phi) is 4.51. The van der Waals surface area contributed by atoms with Gasteiger partial charge in [0, 0.05) is 12.5 Å². The third-order valence-corrected chi connectivity index (χ3v) is 2.40. The van der Waals surface area contributed by atoms with Crippen LogP contribution < -0.4 is 11.1 Å². The Hall–Kier alpha value is -1.56. The lowest BCUT2D eigenvalue weighted by atomic mass is 10.1. The Bertz CT molecular complexity index is 447. The summed E-state index contributed by atoms with van der Waals surface area (Å²) in [4.78, 5) is 12.3. The van der Waals surface area contributed by atoms with Gasteiger partial charge in [0.1, 0.15) is 0 Å². The molecule has 1 rings (SSSR count). The second-order valence-electron chi connectivity index (χ2n) is 4.03. The van der Waals surface area contributed by atoms with Crippen LogP contribution in [-0.4, -0.2) is 27.1 Å². The van der Waals surface area contributed by atoms with Crippen molar-refractivity contribution in [3.8, 4) is 0 Å². The highest BCUT2D eigenvalue weighted by molar-refractivity contribution is 7.80. The second kappa shape index (κ2) is 5.67. The molecule has 0 aliphatic carbocycles. The maximum Gasteiger partial charge on any atom is 0.253 e. The zero-order valence-corrected chi connectivity index (χ0v) is 11.0. The van der Waals surface area contributed by atoms with E-state index in [9.17, 15) is 4.79 Å². The summed E-state index contributed by atoms with van der Waals surface area (Å²) >= 11 is 4.79. The predicted molar refractivity (Wildman–Crippen MR) is 69.8 cm³/mol. The van der Waals surface area contributed by atoms with Gasteiger partial charge in [-0.05, 0) is 26.8 Å². The molecule has 17 heavy (non-hydrogen) atoms. The predicted octanol–water partition coefficient (Wildman–Crippen LogP) is 0.888. The fraction of sp³-hybridized carbons (Fsp3) is 0.455. The number of nitrogens with zero attached hydrogens (tertiary/aromatic N) is 2. The standard InChI is InChI=1S/C11H16N4OS/c1-6(5-10(12)17)13-11(16)9-4-7(2)14-15-8(9)3/h4,6H,5H2,1-3H3,(H2,12,17)(H,13,16). The molecule has 0 radical (unpaired) electrons. The highest BCUT2D eigenvalue weighted by Crippen LogP contribution is 2.06. The van der Waals surface area contributed by atoms with Gasteiger partial charge in [-0.1, -0.05) is 12.2 Å². The molecule has 0 fully saturated rings. The van der Waals surface area contributed by atoms with E-state index in [1.807, 2.05) is 6.92 Å². The molecule has 0 saturated carbocycles. The Morgan fingerprint density at radius 1 is 1.53 bits per heavy atom. The summed E-state index contributed by atoms with van der Waals surface area (Å²) in [6.07, 6.45) is 0.484. The lowest BCUT2D eigenvalue weighted by molar-refractivity contribution is 0.0940. The van der Waals surface area contributed by atoms with Crippen LogP contribution in [-0.2, 0) is 0 Å². The van der Waals surface area contributed by atoms with Crippen molar-refractivity contribution < 1.29 is 4.79 Å². The van der Waals surface area contributed by atoms with E-state index < -0.39 is 0 Å². The second-order valence-corrected chi connectivity index (χ2v) is 4.55. The molecule has 92 valence electrons. The van der Waals surface area contributed by atoms with Crippen molar-refractivity contribution in [1.29, 1.82) is 0 Å². The van der Waals surface area contributed by atoms with Gasteiger partial charge in [0.25, 0.3) is 5.91 Å². The first kappa shape index (κ1) is 13.5. The first-order valence-corrected chi connectivity index (χ1v) is 5.71. The maximum absolute atomic E-state index is 11.9. The minimum absolute atomic E-state index is 0.0899. The van der Waals surface area contributed by atoms with E-state index in [0.717, 1.165) is 0 Å². The zero-order chi connectivity index (χ0) is 13.0. The van der Waals surface area contributed by atoms with E-state index in [0.29, 0.717) is 28.4 Å². The van der Waals surface area contributed by atoms with E-state index in [-0.39, 0.29) is 11.9 Å². The van der Waals surface area contributed by atoms with Gasteiger partial charge in [0.05, 0.1) is 21.9 Å². The summed E-state index contributed by atoms with van der Waals surface area (Å²) < 4.78 is 0. The van der Waals surface area contributed by atoms with Crippen LogP contribution in [0.15, 0.2) is 6.07 Å². The van der Waals surface area contributed by atoms with Crippen LogP contribution >= 0.6 is 12.2 Å². The van der Waals surface area contributed by atoms with Gasteiger partial charge in [-0.15, -0.1) is 0 Å². The number of hydrogen-bond acceptors (Lipinski definition) is 4. The molecule has 1 aromatic heterocycles. The largest absolute Gasteiger partial charge is 0.393 e. The van der Waals surface area contributed by atoms with E-state index in [4.69, 9.17) is 18.0 Å². The van der Waals surface area contributed by atoms with Gasteiger partial charge in [0.15, 0.2) is 0 Å². The number of aryl methyl sites for hydroxylation is 2. The number of nitrogens with one attached hydrogen (secondary N) is 1. The summed E-state index contributed by atoms with van der Waals surface area (Å²) in [5, 5.41) is 10.6. The third-order valence-electron chi connectivity index (χ3n) is 2.23. The Morgan fingerprint density at radius 3 is 2.76 bits per heavy atom. The number of rotatable bonds is 4. The normalized spacial score (nSPS) is 11.9. The van der Waals surface area contributed by atoms with Crippen molar-refractivity contribution in [3.63, 3.8) is 0 Å². The topological polar surface area (TPSA) is 80.9 Å². The van der Waals surface area contributed by atoms with Gasteiger partial charge >= 0.3 is 0 Å². The number of amides is 1. The van der Waals surface area contributed by atoms with Crippen LogP contribution in [0.25, 0.3) is 0 Å². The number of nitrogens with two attached hydrogens (primary N) is 1. The van der Waals surface area contributed by atoms with Gasteiger partial charge in [-0.2, -0.15) is 10.2 Å². The molecular formula is C11H16N4OS. The SMILES string of the molecule is Cc1cc(C(=O)NC(C)CC(N)=S)c(C)nn1. The average molecular weight is 252 g/mol. The van der Waals surface area contributed by atoms with Crippen molar-refractivity contribution in [2.75, 3.05) is 0 Å². The van der Waals surface area contributed by atoms with Crippen molar-refractivity contribution in [2.24, 2.45) is 5.73 Å². The van der Waals surface area contributed by atoms with Gasteiger partial charge in [-0.3, -0.25) is 4.79 Å². The van der Waals surface area contributed by atoms with Crippen molar-refractivity contribution in [1.82, 2.24) is 15.5 Å². The fourth-order valence-corrected chi connectivity index (χ4v) is 1.68. The molecule has 1 aromatic rings. The highest BCUT2D eigenvalue weighted by atomic mass is 32.1. The maximum atomic E-state index is 11.9. The summed E-state index contributed by atoms with van der Waals surface area (Å²) in [6, 6.07) is 1.62. The van der Waals surface area contributed by atoms with E-state index >= 15 is 0 Å². The number of hydrogen-bond donors (Lipinski definition) is 2. The number of carbonyl (C=O) groups is 1. The lowest BCUT2D eigenvalue weighted by Gasteiger charge is -2.13. The van der Waals surface area contributed by atoms with E-state index in [1.165, 1.54) is 0 Å². The molecule has 3 N–H and O–H groups in total. The van der Waals surface area contributed by atoms with E-state index in [1.54, 1.807) is 19.9 Å². The zero-order valence-electron chi connectivity index (χ0n) is 10.2. The molecule has 6 heteroatoms. The molecule has 1 unspecified atom stereocenters. The molecule has 1 amide bonds. The quantitative estimate of drug-likeness (QED) is 0.778. The molecule has 1 heterocycles. The smallest absolute Gasteiger partial charge is 0.253 e. The number of thiocarbonyl (C=S) groups is 1. The monoisotopic (exact) mass is 252 g/mol. The molecule has 0 spiro atoms. The molecular weight excluding hydrogens is 236 g/mol. The van der Waals surface area contributed by atoms with E-state index in [2.05, 4.69) is 15.5 Å². The lowest BCUT2D eigenvalue weighted by Crippen LogP contribution is -2.35. The summed E-state index contributed by atoms with van der Waals surface area (Å²) in [6.45, 7) is 5.40. The first-order valence-electron chi connectivity index (χ1n) is 5.30. The summed E-state index contributed by atoms with van der Waals surface area (Å²) in [5.74, 6) is -0.177. The minimum atomic E-state index is -0.177. The Balaban J connectivity index is 2.76. The Morgan fingerprint density at radius 2 is 2.18 bits per heavy atom. The van der Waals surface area contributed by atoms with Crippen LogP contribution in [0, 0.1) is 13.8 Å². The average Bonchev–Trinajstić information content (AvgIpc) is 2.20. The van der Waals surface area contributed by atoms with Gasteiger partial charge in [0.2, 0.25) is 0 Å². The third kappa shape index (κ3) is 4.07. The molecule has 0 aromatic carbocycles. The van der Waals surface area contributed by atoms with Crippen molar-refractivity contribution >= 4 is 23.1 Å². The molecule has 0 saturated heterocycles. The summed E-state index contributed by atoms with van der Waals surface area (Å²) in [5.41, 5.74) is 7.27. The highest BCUT2D eigenvalue weighted by Gasteiger charge is 2.14. The number of aromatic nitrogens is 2. The van der Waals surface area contributed by atoms with Crippen LogP contribution in [0.1, 0.15) is 35.1 Å². The van der Waals surface area contributed by atoms with Crippen LogP contribution in [0.2, 0.25) is 0 Å². The van der Waals surface area contributed by atoms with Crippen LogP contribution in [0.3, 0.4) is 0 Å². The molecule has 0 aliphatic heterocycles. The van der Waals surface area contributed by atoms with Gasteiger partial charge < -0.3 is 11.1 Å². The molecule has 0 aliphatic rings. The van der Waals surface area contributed by atoms with Crippen LogP contribution in [0.4, 0.5) is 0 Å². The minimum Gasteiger partial charge on any atom is -0.393 e.